The predicted octanol–water partition coefficient (Wildman–Crippen LogP) is 4.05. The third-order valence-corrected chi connectivity index (χ3v) is 3.19. The van der Waals surface area contributed by atoms with E-state index in [0.717, 1.165) is 22.7 Å². The summed E-state index contributed by atoms with van der Waals surface area (Å²) in [6, 6.07) is 15.0. The van der Waals surface area contributed by atoms with Crippen molar-refractivity contribution in [1.29, 1.82) is 0 Å². The Balaban J connectivity index is 0.00000264. The number of para-hydroxylation sites is 1. The van der Waals surface area contributed by atoms with Crippen LogP contribution in [0.5, 0.6) is 5.75 Å². The van der Waals surface area contributed by atoms with Gasteiger partial charge in [0.2, 0.25) is 5.91 Å². The van der Waals surface area contributed by atoms with Gasteiger partial charge in [0.25, 0.3) is 0 Å². The zero-order valence-corrected chi connectivity index (χ0v) is 14.2. The molecule has 124 valence electrons. The molecule has 2 aromatic rings. The number of carbonyl (C=O) groups is 1. The van der Waals surface area contributed by atoms with Crippen LogP contribution in [-0.2, 0) is 11.2 Å². The molecule has 2 rings (SSSR count). The lowest BCUT2D eigenvalue weighted by Crippen LogP contribution is -2.12. The summed E-state index contributed by atoms with van der Waals surface area (Å²) in [5.74, 6) is 0.769. The van der Waals surface area contributed by atoms with Gasteiger partial charge in [-0.2, -0.15) is 0 Å². The minimum absolute atomic E-state index is 0. The molecule has 1 amide bonds. The van der Waals surface area contributed by atoms with Crippen molar-refractivity contribution in [2.75, 3.05) is 11.1 Å². The molecule has 5 heteroatoms. The molecular weight excluding hydrogens is 312 g/mol. The van der Waals surface area contributed by atoms with Gasteiger partial charge in [-0.3, -0.25) is 4.79 Å². The van der Waals surface area contributed by atoms with Crippen LogP contribution in [0.4, 0.5) is 11.4 Å². The van der Waals surface area contributed by atoms with E-state index < -0.39 is 0 Å². The lowest BCUT2D eigenvalue weighted by Gasteiger charge is -2.11. The molecule has 0 fully saturated rings. The minimum Gasteiger partial charge on any atom is -0.491 e. The number of hydrogen-bond donors (Lipinski definition) is 2. The number of anilines is 2. The minimum atomic E-state index is -0.0271. The molecule has 0 unspecified atom stereocenters. The molecule has 0 aliphatic carbocycles. The van der Waals surface area contributed by atoms with E-state index in [1.165, 1.54) is 0 Å². The van der Waals surface area contributed by atoms with Gasteiger partial charge in [-0.05, 0) is 56.2 Å². The van der Waals surface area contributed by atoms with Crippen LogP contribution in [-0.4, -0.2) is 12.0 Å². The second kappa shape index (κ2) is 9.06. The van der Waals surface area contributed by atoms with Crippen LogP contribution in [0.2, 0.25) is 0 Å². The standard InChI is InChI=1S/C18H22N2O2.ClH/c1-13(2)22-16-10-8-15(9-11-16)20-18(21)12-7-14-5-3-4-6-17(14)19;/h3-6,8-11,13H,7,12,19H2,1-2H3,(H,20,21);1H. The van der Waals surface area contributed by atoms with E-state index in [1.807, 2.05) is 62.4 Å². The molecular formula is C18H23ClN2O2. The Labute approximate surface area is 143 Å². The van der Waals surface area contributed by atoms with Crippen LogP contribution in [0.25, 0.3) is 0 Å². The molecule has 4 nitrogen and oxygen atoms in total. The van der Waals surface area contributed by atoms with Crippen LogP contribution in [0.1, 0.15) is 25.8 Å². The molecule has 3 N–H and O–H groups in total. The van der Waals surface area contributed by atoms with Gasteiger partial charge in [-0.15, -0.1) is 12.4 Å². The molecule has 0 saturated carbocycles. The lowest BCUT2D eigenvalue weighted by atomic mass is 10.1. The van der Waals surface area contributed by atoms with E-state index in [4.69, 9.17) is 10.5 Å². The van der Waals surface area contributed by atoms with Crippen molar-refractivity contribution in [2.24, 2.45) is 0 Å². The smallest absolute Gasteiger partial charge is 0.224 e. The number of halogens is 1. The fraction of sp³-hybridized carbons (Fsp3) is 0.278. The predicted molar refractivity (Wildman–Crippen MR) is 97.3 cm³/mol. The first-order chi connectivity index (χ1) is 10.5. The van der Waals surface area contributed by atoms with Gasteiger partial charge < -0.3 is 15.8 Å². The normalized spacial score (nSPS) is 10.0. The molecule has 0 heterocycles. The van der Waals surface area contributed by atoms with Gasteiger partial charge in [0.1, 0.15) is 5.75 Å². The largest absolute Gasteiger partial charge is 0.491 e. The average molecular weight is 335 g/mol. The van der Waals surface area contributed by atoms with Crippen LogP contribution in [0.15, 0.2) is 48.5 Å². The summed E-state index contributed by atoms with van der Waals surface area (Å²) >= 11 is 0. The zero-order valence-electron chi connectivity index (χ0n) is 13.4. The second-order valence-electron chi connectivity index (χ2n) is 5.44. The van der Waals surface area contributed by atoms with E-state index in [0.29, 0.717) is 12.8 Å². The van der Waals surface area contributed by atoms with Crippen molar-refractivity contribution in [2.45, 2.75) is 32.8 Å². The maximum Gasteiger partial charge on any atom is 0.224 e. The Bertz CT molecular complexity index is 627. The zero-order chi connectivity index (χ0) is 15.9. The molecule has 0 atom stereocenters. The Morgan fingerprint density at radius 1 is 1.13 bits per heavy atom. The number of amides is 1. The molecule has 23 heavy (non-hydrogen) atoms. The summed E-state index contributed by atoms with van der Waals surface area (Å²) in [7, 11) is 0. The van der Waals surface area contributed by atoms with Gasteiger partial charge >= 0.3 is 0 Å². The van der Waals surface area contributed by atoms with Crippen LogP contribution in [0, 0.1) is 0 Å². The number of nitrogens with two attached hydrogens (primary N) is 1. The van der Waals surface area contributed by atoms with Gasteiger partial charge in [0.05, 0.1) is 6.10 Å². The van der Waals surface area contributed by atoms with Crippen molar-refractivity contribution in [3.05, 3.63) is 54.1 Å². The highest BCUT2D eigenvalue weighted by Crippen LogP contribution is 2.18. The van der Waals surface area contributed by atoms with Gasteiger partial charge in [-0.25, -0.2) is 0 Å². The highest BCUT2D eigenvalue weighted by atomic mass is 35.5. The number of hydrogen-bond acceptors (Lipinski definition) is 3. The fourth-order valence-corrected chi connectivity index (χ4v) is 2.12. The maximum absolute atomic E-state index is 12.0. The Kier molecular flexibility index (Phi) is 7.42. The lowest BCUT2D eigenvalue weighted by molar-refractivity contribution is -0.116. The summed E-state index contributed by atoms with van der Waals surface area (Å²) in [4.78, 5) is 12.0. The summed E-state index contributed by atoms with van der Waals surface area (Å²) in [6.07, 6.45) is 1.17. The van der Waals surface area contributed by atoms with Crippen molar-refractivity contribution < 1.29 is 9.53 Å². The summed E-state index contributed by atoms with van der Waals surface area (Å²) in [6.45, 7) is 3.95. The van der Waals surface area contributed by atoms with Crippen LogP contribution >= 0.6 is 12.4 Å². The topological polar surface area (TPSA) is 64.3 Å². The van der Waals surface area contributed by atoms with E-state index in [9.17, 15) is 4.79 Å². The van der Waals surface area contributed by atoms with Crippen LogP contribution < -0.4 is 15.8 Å². The quantitative estimate of drug-likeness (QED) is 0.783. The molecule has 0 aliphatic rings. The summed E-state index contributed by atoms with van der Waals surface area (Å²) in [5, 5.41) is 2.88. The Hall–Kier alpha value is -2.20. The second-order valence-corrected chi connectivity index (χ2v) is 5.44. The number of rotatable bonds is 6. The fourth-order valence-electron chi connectivity index (χ4n) is 2.12. The number of aryl methyl sites for hydroxylation is 1. The maximum atomic E-state index is 12.0. The summed E-state index contributed by atoms with van der Waals surface area (Å²) < 4.78 is 5.57. The molecule has 0 radical (unpaired) electrons. The first-order valence-corrected chi connectivity index (χ1v) is 7.44. The van der Waals surface area contributed by atoms with E-state index in [-0.39, 0.29) is 24.4 Å². The number of ether oxygens (including phenoxy) is 1. The number of carbonyl (C=O) groups excluding carboxylic acids is 1. The SMILES string of the molecule is CC(C)Oc1ccc(NC(=O)CCc2ccccc2N)cc1.Cl. The molecule has 0 saturated heterocycles. The van der Waals surface area contributed by atoms with Gasteiger partial charge in [-0.1, -0.05) is 18.2 Å². The van der Waals surface area contributed by atoms with Crippen molar-refractivity contribution in [3.8, 4) is 5.75 Å². The Morgan fingerprint density at radius 2 is 1.78 bits per heavy atom. The van der Waals surface area contributed by atoms with E-state index >= 15 is 0 Å². The number of benzene rings is 2. The molecule has 0 aliphatic heterocycles. The highest BCUT2D eigenvalue weighted by molar-refractivity contribution is 5.90. The van der Waals surface area contributed by atoms with Gasteiger partial charge in [0.15, 0.2) is 0 Å². The van der Waals surface area contributed by atoms with Gasteiger partial charge in [0, 0.05) is 17.8 Å². The number of nitrogen functional groups attached to an aromatic ring is 1. The molecule has 0 bridgehead atoms. The third kappa shape index (κ3) is 6.20. The molecule has 0 aromatic heterocycles. The Morgan fingerprint density at radius 3 is 2.39 bits per heavy atom. The first kappa shape index (κ1) is 18.8. The van der Waals surface area contributed by atoms with Crippen molar-refractivity contribution in [3.63, 3.8) is 0 Å². The third-order valence-electron chi connectivity index (χ3n) is 3.19. The van der Waals surface area contributed by atoms with Crippen molar-refractivity contribution in [1.82, 2.24) is 0 Å². The van der Waals surface area contributed by atoms with Crippen molar-refractivity contribution >= 4 is 29.7 Å². The first-order valence-electron chi connectivity index (χ1n) is 7.44. The monoisotopic (exact) mass is 334 g/mol. The highest BCUT2D eigenvalue weighted by Gasteiger charge is 2.05. The number of nitrogens with one attached hydrogen (secondary N) is 1. The van der Waals surface area contributed by atoms with Crippen LogP contribution in [0.3, 0.4) is 0 Å². The summed E-state index contributed by atoms with van der Waals surface area (Å²) in [5.41, 5.74) is 8.36. The van der Waals surface area contributed by atoms with E-state index in [2.05, 4.69) is 5.32 Å². The average Bonchev–Trinajstić information content (AvgIpc) is 2.48. The van der Waals surface area contributed by atoms with E-state index in [1.54, 1.807) is 0 Å². The molecule has 0 spiro atoms. The molecule has 2 aromatic carbocycles.